The lowest BCUT2D eigenvalue weighted by molar-refractivity contribution is -0.903. The van der Waals surface area contributed by atoms with E-state index in [2.05, 4.69) is 48.9 Å². The van der Waals surface area contributed by atoms with Crippen molar-refractivity contribution in [1.29, 1.82) is 0 Å². The maximum atomic E-state index is 10.1. The maximum Gasteiger partial charge on any atom is 0.137 e. The molecule has 0 spiro atoms. The molecule has 1 aliphatic carbocycles. The number of quaternary nitrogens is 1. The third kappa shape index (κ3) is 6.26. The van der Waals surface area contributed by atoms with Gasteiger partial charge in [0.1, 0.15) is 18.0 Å². The van der Waals surface area contributed by atoms with E-state index in [4.69, 9.17) is 0 Å². The number of nitrogens with zero attached hydrogens (tertiary/aromatic N) is 5. The predicted octanol–water partition coefficient (Wildman–Crippen LogP) is 1.98. The van der Waals surface area contributed by atoms with Gasteiger partial charge in [-0.25, -0.2) is 0 Å². The fourth-order valence-electron chi connectivity index (χ4n) is 3.34. The average Bonchev–Trinajstić information content (AvgIpc) is 3.05. The number of hydrogen-bond acceptors (Lipinski definition) is 6. The molecule has 1 aliphatic rings. The summed E-state index contributed by atoms with van der Waals surface area (Å²) in [5, 5.41) is 28.7. The van der Waals surface area contributed by atoms with E-state index < -0.39 is 6.10 Å². The normalized spacial score (nSPS) is 18.0. The van der Waals surface area contributed by atoms with Gasteiger partial charge in [-0.1, -0.05) is 5.21 Å². The van der Waals surface area contributed by atoms with Gasteiger partial charge in [-0.05, 0) is 31.2 Å². The van der Waals surface area contributed by atoms with E-state index >= 15 is 0 Å². The number of allylic oxidation sites excluding steroid dienone is 1. The number of thiol groups is 1. The topological polar surface area (TPSA) is 74.4 Å². The van der Waals surface area contributed by atoms with Crippen molar-refractivity contribution in [1.82, 2.24) is 19.9 Å². The van der Waals surface area contributed by atoms with Crippen LogP contribution in [0.4, 0.5) is 0 Å². The molecule has 8 heteroatoms. The molecule has 152 valence electrons. The number of aliphatic hydroxyl groups is 2. The summed E-state index contributed by atoms with van der Waals surface area (Å²) in [4.78, 5) is 2.17. The molecule has 1 heterocycles. The molecule has 2 N–H and O–H groups in total. The highest BCUT2D eigenvalue weighted by Crippen LogP contribution is 2.25. The summed E-state index contributed by atoms with van der Waals surface area (Å²) >= 11 is 4.29. The fraction of sp³-hybridized carbons (Fsp3) is 0.684. The largest absolute Gasteiger partial charge is 0.508 e. The second kappa shape index (κ2) is 9.61. The summed E-state index contributed by atoms with van der Waals surface area (Å²) in [5.41, 5.74) is 2.58. The van der Waals surface area contributed by atoms with Gasteiger partial charge in [-0.3, -0.25) is 4.68 Å². The van der Waals surface area contributed by atoms with Gasteiger partial charge >= 0.3 is 0 Å². The van der Waals surface area contributed by atoms with E-state index in [1.54, 1.807) is 13.0 Å². The molecule has 0 amide bonds. The van der Waals surface area contributed by atoms with Crippen molar-refractivity contribution in [3.05, 3.63) is 35.0 Å². The van der Waals surface area contributed by atoms with Gasteiger partial charge in [0.2, 0.25) is 0 Å². The van der Waals surface area contributed by atoms with Crippen molar-refractivity contribution in [3.8, 4) is 0 Å². The maximum absolute atomic E-state index is 10.1. The van der Waals surface area contributed by atoms with E-state index in [1.807, 2.05) is 10.9 Å². The average molecular weight is 397 g/mol. The molecule has 27 heavy (non-hydrogen) atoms. The van der Waals surface area contributed by atoms with Crippen molar-refractivity contribution in [2.45, 2.75) is 45.9 Å². The van der Waals surface area contributed by atoms with Crippen LogP contribution in [0.15, 0.2) is 29.3 Å². The van der Waals surface area contributed by atoms with Crippen LogP contribution >= 0.6 is 12.6 Å². The Hall–Kier alpha value is -1.51. The lowest BCUT2D eigenvalue weighted by Crippen LogP contribution is -2.39. The standard InChI is InChI=1S/C19H33N5O2S/c1-5-22(17-11-18(25)15(2)19(26)12-17)7-8-23-13-16(20-21-23)14-24(3,4)9-6-10-27/h11,13,19,26H,5-10,12,14H2,1-4H3,(H-,25,27)/p+1. The van der Waals surface area contributed by atoms with Gasteiger partial charge in [-0.2, -0.15) is 12.6 Å². The lowest BCUT2D eigenvalue weighted by Gasteiger charge is -2.30. The Kier molecular flexibility index (Phi) is 7.76. The monoisotopic (exact) mass is 396 g/mol. The molecule has 0 bridgehead atoms. The Morgan fingerprint density at radius 3 is 2.78 bits per heavy atom. The second-order valence-electron chi connectivity index (χ2n) is 7.87. The van der Waals surface area contributed by atoms with Crippen LogP contribution < -0.4 is 0 Å². The first kappa shape index (κ1) is 21.8. The molecule has 1 aromatic rings. The molecule has 0 fully saturated rings. The Bertz CT molecular complexity index is 683. The number of hydrogen-bond donors (Lipinski definition) is 3. The van der Waals surface area contributed by atoms with Crippen LogP contribution in [0.1, 0.15) is 32.4 Å². The van der Waals surface area contributed by atoms with Crippen molar-refractivity contribution < 1.29 is 14.7 Å². The highest BCUT2D eigenvalue weighted by atomic mass is 32.1. The Morgan fingerprint density at radius 1 is 1.41 bits per heavy atom. The first-order valence-corrected chi connectivity index (χ1v) is 10.2. The van der Waals surface area contributed by atoms with Crippen LogP contribution in [0, 0.1) is 0 Å². The molecular formula is C19H34N5O2S+. The smallest absolute Gasteiger partial charge is 0.137 e. The summed E-state index contributed by atoms with van der Waals surface area (Å²) in [6.45, 7) is 8.01. The molecule has 1 atom stereocenters. The summed E-state index contributed by atoms with van der Waals surface area (Å²) in [5.74, 6) is 1.07. The number of aromatic nitrogens is 3. The molecule has 1 aromatic heterocycles. The predicted molar refractivity (Wildman–Crippen MR) is 110 cm³/mol. The van der Waals surface area contributed by atoms with Crippen LogP contribution in [0.2, 0.25) is 0 Å². The van der Waals surface area contributed by atoms with Gasteiger partial charge in [0.25, 0.3) is 0 Å². The molecule has 0 aliphatic heterocycles. The van der Waals surface area contributed by atoms with Crippen LogP contribution in [0.3, 0.4) is 0 Å². The number of likely N-dealkylation sites (N-methyl/N-ethyl adjacent to an activating group) is 1. The zero-order chi connectivity index (χ0) is 20.0. The first-order chi connectivity index (χ1) is 12.8. The summed E-state index contributed by atoms with van der Waals surface area (Å²) in [7, 11) is 4.40. The van der Waals surface area contributed by atoms with Crippen LogP contribution in [0.5, 0.6) is 0 Å². The van der Waals surface area contributed by atoms with E-state index in [1.165, 1.54) is 0 Å². The van der Waals surface area contributed by atoms with E-state index in [0.717, 1.165) is 54.2 Å². The first-order valence-electron chi connectivity index (χ1n) is 9.61. The molecule has 0 radical (unpaired) electrons. The highest BCUT2D eigenvalue weighted by molar-refractivity contribution is 7.80. The van der Waals surface area contributed by atoms with Gasteiger partial charge in [-0.15, -0.1) is 5.10 Å². The van der Waals surface area contributed by atoms with Crippen molar-refractivity contribution in [3.63, 3.8) is 0 Å². The molecule has 0 aromatic carbocycles. The third-order valence-electron chi connectivity index (χ3n) is 5.09. The quantitative estimate of drug-likeness (QED) is 0.417. The molecule has 1 unspecified atom stereocenters. The van der Waals surface area contributed by atoms with Gasteiger partial charge < -0.3 is 19.6 Å². The van der Waals surface area contributed by atoms with Crippen LogP contribution in [0.25, 0.3) is 0 Å². The fourth-order valence-corrected chi connectivity index (χ4v) is 3.48. The highest BCUT2D eigenvalue weighted by Gasteiger charge is 2.22. The van der Waals surface area contributed by atoms with E-state index in [0.29, 0.717) is 18.5 Å². The summed E-state index contributed by atoms with van der Waals surface area (Å²) in [6, 6.07) is 0. The molecule has 0 saturated carbocycles. The van der Waals surface area contributed by atoms with Crippen molar-refractivity contribution >= 4 is 12.6 Å². The Morgan fingerprint density at radius 2 is 2.15 bits per heavy atom. The number of aliphatic hydroxyl groups excluding tert-OH is 2. The zero-order valence-corrected chi connectivity index (χ0v) is 17.9. The SMILES string of the molecule is CCN(CCn1cc(C[N+](C)(C)CCCS)nn1)C1=CC(O)=C(C)C(O)C1. The van der Waals surface area contributed by atoms with E-state index in [9.17, 15) is 10.2 Å². The van der Waals surface area contributed by atoms with Crippen LogP contribution in [-0.2, 0) is 13.1 Å². The summed E-state index contributed by atoms with van der Waals surface area (Å²) in [6.07, 6.45) is 4.77. The minimum Gasteiger partial charge on any atom is -0.508 e. The van der Waals surface area contributed by atoms with Gasteiger partial charge in [0, 0.05) is 31.6 Å². The second-order valence-corrected chi connectivity index (χ2v) is 8.32. The zero-order valence-electron chi connectivity index (χ0n) is 17.0. The molecule has 2 rings (SSSR count). The Labute approximate surface area is 168 Å². The minimum atomic E-state index is -0.616. The van der Waals surface area contributed by atoms with Crippen molar-refractivity contribution in [2.24, 2.45) is 0 Å². The lowest BCUT2D eigenvalue weighted by atomic mass is 9.98. The van der Waals surface area contributed by atoms with Gasteiger partial charge in [0.05, 0.1) is 39.5 Å². The van der Waals surface area contributed by atoms with E-state index in [-0.39, 0.29) is 5.76 Å². The molecule has 0 saturated heterocycles. The number of rotatable bonds is 10. The van der Waals surface area contributed by atoms with Crippen LogP contribution in [-0.4, -0.2) is 80.2 Å². The Balaban J connectivity index is 1.94. The summed E-state index contributed by atoms with van der Waals surface area (Å²) < 4.78 is 2.74. The molecule has 7 nitrogen and oxygen atoms in total. The molecular weight excluding hydrogens is 362 g/mol. The van der Waals surface area contributed by atoms with Gasteiger partial charge in [0.15, 0.2) is 0 Å². The van der Waals surface area contributed by atoms with Crippen molar-refractivity contribution in [2.75, 3.05) is 39.5 Å². The third-order valence-corrected chi connectivity index (χ3v) is 5.41. The minimum absolute atomic E-state index is 0.173.